The molecule has 2 aliphatic rings. The lowest BCUT2D eigenvalue weighted by Crippen LogP contribution is -2.56. The molecular weight excluding hydrogens is 363 g/mol. The normalized spacial score (nSPS) is 33.3. The first kappa shape index (κ1) is 21.5. The van der Waals surface area contributed by atoms with Crippen LogP contribution in [0.2, 0.25) is 6.32 Å². The molecule has 4 atom stereocenters. The Morgan fingerprint density at radius 1 is 1.31 bits per heavy atom. The van der Waals surface area contributed by atoms with E-state index in [4.69, 9.17) is 21.5 Å². The van der Waals surface area contributed by atoms with Crippen molar-refractivity contribution in [1.82, 2.24) is 9.03 Å². The van der Waals surface area contributed by atoms with Gasteiger partial charge in [-0.1, -0.05) is 19.3 Å². The second-order valence-electron chi connectivity index (χ2n) is 7.42. The highest BCUT2D eigenvalue weighted by Gasteiger charge is 2.52. The number of nitrogens with two attached hydrogens (primary N) is 2. The number of rotatable bonds is 8. The summed E-state index contributed by atoms with van der Waals surface area (Å²) in [7, 11) is -5.39. The zero-order chi connectivity index (χ0) is 19.5. The van der Waals surface area contributed by atoms with Crippen LogP contribution < -0.4 is 16.2 Å². The average molecular weight is 392 g/mol. The molecule has 2 fully saturated rings. The van der Waals surface area contributed by atoms with Gasteiger partial charge in [0.05, 0.1) is 0 Å². The summed E-state index contributed by atoms with van der Waals surface area (Å²) in [6.07, 6.45) is 3.96. The maximum Gasteiger partial charge on any atom is 0.451 e. The molecule has 1 saturated carbocycles. The van der Waals surface area contributed by atoms with E-state index in [0.29, 0.717) is 12.8 Å². The largest absolute Gasteiger partial charge is 0.480 e. The predicted molar refractivity (Wildman–Crippen MR) is 96.1 cm³/mol. The third-order valence-corrected chi connectivity index (χ3v) is 7.02. The first-order valence-corrected chi connectivity index (χ1v) is 10.4. The summed E-state index contributed by atoms with van der Waals surface area (Å²) in [5, 5.41) is 27.4. The predicted octanol–water partition coefficient (Wildman–Crippen LogP) is -1.94. The van der Waals surface area contributed by atoms with Crippen LogP contribution in [0.5, 0.6) is 0 Å². The summed E-state index contributed by atoms with van der Waals surface area (Å²) < 4.78 is 29.1. The summed E-state index contributed by atoms with van der Waals surface area (Å²) in [4.78, 5) is 11.7. The van der Waals surface area contributed by atoms with E-state index in [1.54, 1.807) is 0 Å². The van der Waals surface area contributed by atoms with Crippen molar-refractivity contribution in [3.05, 3.63) is 0 Å². The lowest BCUT2D eigenvalue weighted by Gasteiger charge is -2.30. The van der Waals surface area contributed by atoms with Crippen molar-refractivity contribution >= 4 is 23.3 Å². The Bertz CT molecular complexity index is 606. The second-order valence-corrected chi connectivity index (χ2v) is 9.13. The highest BCUT2D eigenvalue weighted by molar-refractivity contribution is 7.87. The molecule has 0 bridgehead atoms. The number of hydrogen-bond donors (Lipinski definition) is 6. The van der Waals surface area contributed by atoms with E-state index in [1.807, 2.05) is 0 Å². The van der Waals surface area contributed by atoms with Crippen LogP contribution >= 0.6 is 0 Å². The Morgan fingerprint density at radius 3 is 2.54 bits per heavy atom. The lowest BCUT2D eigenvalue weighted by atomic mass is 9.78. The number of nitrogens with one attached hydrogen (secondary N) is 1. The number of hydrogen-bond acceptors (Lipinski definition) is 7. The smallest absolute Gasteiger partial charge is 0.451 e. The van der Waals surface area contributed by atoms with Gasteiger partial charge in [0.15, 0.2) is 0 Å². The summed E-state index contributed by atoms with van der Waals surface area (Å²) in [6, 6.07) is -0.626. The van der Waals surface area contributed by atoms with Crippen molar-refractivity contribution in [2.75, 3.05) is 13.1 Å². The molecule has 1 aliphatic carbocycles. The molecule has 1 aliphatic heterocycles. The third kappa shape index (κ3) is 4.94. The number of carboxylic acid groups (broad SMARTS) is 1. The van der Waals surface area contributed by atoms with Crippen molar-refractivity contribution < 1.29 is 28.4 Å². The van der Waals surface area contributed by atoms with Crippen LogP contribution in [0.3, 0.4) is 0 Å². The van der Waals surface area contributed by atoms with E-state index in [0.717, 1.165) is 23.6 Å². The summed E-state index contributed by atoms with van der Waals surface area (Å²) in [5.74, 6) is -1.88. The van der Waals surface area contributed by atoms with E-state index in [-0.39, 0.29) is 37.9 Å². The fraction of sp³-hybridized carbons (Fsp3) is 0.929. The summed E-state index contributed by atoms with van der Waals surface area (Å²) in [5.41, 5.74) is 10.3. The topological polar surface area (TPSA) is 179 Å². The molecule has 12 heteroatoms. The van der Waals surface area contributed by atoms with Crippen molar-refractivity contribution in [2.45, 2.75) is 62.5 Å². The number of nitrogens with zero attached hydrogens (tertiary/aromatic N) is 1. The van der Waals surface area contributed by atoms with Crippen LogP contribution in [0.25, 0.3) is 0 Å². The standard InChI is InChI=1S/C14H29BN4O6S/c16-11-5-1-2-6-12(11)18-26(24,25)19-8-10(4-3-7-15(22)23)14(17,9-19)13(20)21/h10-12,18,22-23H,1-9,16-17H2,(H,20,21)/t10-,11+,12-,14-/m0/s1. The van der Waals surface area contributed by atoms with Crippen LogP contribution in [-0.2, 0) is 15.0 Å². The quantitative estimate of drug-likeness (QED) is 0.258. The van der Waals surface area contributed by atoms with E-state index in [9.17, 15) is 18.3 Å². The van der Waals surface area contributed by atoms with Crippen LogP contribution in [0.4, 0.5) is 0 Å². The van der Waals surface area contributed by atoms with Gasteiger partial charge in [-0.15, -0.1) is 0 Å². The highest BCUT2D eigenvalue weighted by Crippen LogP contribution is 2.32. The molecule has 1 heterocycles. The van der Waals surface area contributed by atoms with Crippen LogP contribution in [-0.4, -0.2) is 71.7 Å². The Labute approximate surface area is 154 Å². The van der Waals surface area contributed by atoms with Crippen LogP contribution in [0, 0.1) is 5.92 Å². The van der Waals surface area contributed by atoms with Gasteiger partial charge in [0.2, 0.25) is 0 Å². The molecule has 0 aromatic carbocycles. The zero-order valence-corrected chi connectivity index (χ0v) is 15.6. The maximum absolute atomic E-state index is 12.7. The van der Waals surface area contributed by atoms with E-state index in [2.05, 4.69) is 4.72 Å². The Kier molecular flexibility index (Phi) is 7.05. The number of carboxylic acids is 1. The van der Waals surface area contributed by atoms with Gasteiger partial charge in [0.25, 0.3) is 10.2 Å². The fourth-order valence-electron chi connectivity index (χ4n) is 3.79. The molecule has 0 aromatic heterocycles. The van der Waals surface area contributed by atoms with Crippen LogP contribution in [0.15, 0.2) is 0 Å². The molecule has 0 spiro atoms. The minimum Gasteiger partial charge on any atom is -0.480 e. The van der Waals surface area contributed by atoms with Gasteiger partial charge >= 0.3 is 13.1 Å². The number of carbonyl (C=O) groups is 1. The van der Waals surface area contributed by atoms with E-state index < -0.39 is 34.8 Å². The maximum atomic E-state index is 12.7. The lowest BCUT2D eigenvalue weighted by molar-refractivity contribution is -0.144. The van der Waals surface area contributed by atoms with Gasteiger partial charge in [-0.05, 0) is 25.6 Å². The second kappa shape index (κ2) is 8.51. The molecule has 150 valence electrons. The number of aliphatic carboxylic acids is 1. The van der Waals surface area contributed by atoms with Crippen molar-refractivity contribution in [2.24, 2.45) is 17.4 Å². The first-order chi connectivity index (χ1) is 12.1. The molecule has 10 nitrogen and oxygen atoms in total. The Morgan fingerprint density at radius 2 is 1.96 bits per heavy atom. The molecule has 0 amide bonds. The van der Waals surface area contributed by atoms with Crippen molar-refractivity contribution in [3.8, 4) is 0 Å². The Hall–Kier alpha value is -0.755. The zero-order valence-electron chi connectivity index (χ0n) is 14.7. The third-order valence-electron chi connectivity index (χ3n) is 5.46. The first-order valence-electron chi connectivity index (χ1n) is 8.97. The van der Waals surface area contributed by atoms with Crippen molar-refractivity contribution in [1.29, 1.82) is 0 Å². The van der Waals surface area contributed by atoms with Gasteiger partial charge in [-0.2, -0.15) is 17.4 Å². The van der Waals surface area contributed by atoms with E-state index >= 15 is 0 Å². The van der Waals surface area contributed by atoms with Crippen molar-refractivity contribution in [3.63, 3.8) is 0 Å². The fourth-order valence-corrected chi connectivity index (χ4v) is 5.37. The van der Waals surface area contributed by atoms with E-state index in [1.165, 1.54) is 0 Å². The van der Waals surface area contributed by atoms with Gasteiger partial charge < -0.3 is 26.6 Å². The summed E-state index contributed by atoms with van der Waals surface area (Å²) >= 11 is 0. The molecule has 0 unspecified atom stereocenters. The average Bonchev–Trinajstić information content (AvgIpc) is 2.89. The molecule has 8 N–H and O–H groups in total. The SMILES string of the molecule is N[C@@H]1CCCC[C@@H]1NS(=O)(=O)N1C[C@H](CCCB(O)O)[C@](N)(C(=O)O)C1. The Balaban J connectivity index is 2.07. The molecule has 1 saturated heterocycles. The van der Waals surface area contributed by atoms with Gasteiger partial charge in [0, 0.05) is 31.1 Å². The monoisotopic (exact) mass is 392 g/mol. The van der Waals surface area contributed by atoms with Gasteiger partial charge in [-0.3, -0.25) is 4.79 Å². The molecule has 26 heavy (non-hydrogen) atoms. The van der Waals surface area contributed by atoms with Gasteiger partial charge in [0.1, 0.15) is 5.54 Å². The molecule has 0 radical (unpaired) electrons. The minimum absolute atomic E-state index is 0.0262. The molecular formula is C14H29BN4O6S. The molecule has 0 aromatic rings. The summed E-state index contributed by atoms with van der Waals surface area (Å²) in [6.45, 7) is -0.354. The van der Waals surface area contributed by atoms with Crippen LogP contribution in [0.1, 0.15) is 38.5 Å². The molecule has 2 rings (SSSR count). The minimum atomic E-state index is -3.91. The highest BCUT2D eigenvalue weighted by atomic mass is 32.2. The van der Waals surface area contributed by atoms with Gasteiger partial charge in [-0.25, -0.2) is 0 Å².